The molecule has 0 bridgehead atoms. The molecular formula is C22H20ClFN4O8. The summed E-state index contributed by atoms with van der Waals surface area (Å²) in [6.45, 7) is 2.41. The predicted molar refractivity (Wildman–Crippen MR) is 122 cm³/mol. The minimum absolute atomic E-state index is 0.221. The minimum Gasteiger partial charge on any atom is -0.462 e. The molecule has 0 aliphatic heterocycles. The highest BCUT2D eigenvalue weighted by Crippen LogP contribution is 2.29. The highest BCUT2D eigenvalue weighted by Gasteiger charge is 2.52. The number of nitrogens with zero attached hydrogens (tertiary/aromatic N) is 3. The Morgan fingerprint density at radius 1 is 1.06 bits per heavy atom. The van der Waals surface area contributed by atoms with Crippen LogP contribution in [0.5, 0.6) is 0 Å². The Bertz CT molecular complexity index is 1200. The summed E-state index contributed by atoms with van der Waals surface area (Å²) in [6.07, 6.45) is 0. The molecule has 1 N–H and O–H groups in total. The van der Waals surface area contributed by atoms with E-state index in [1.54, 1.807) is 0 Å². The lowest BCUT2D eigenvalue weighted by Gasteiger charge is -2.24. The Balaban J connectivity index is 2.73. The first-order valence-electron chi connectivity index (χ1n) is 10.3. The summed E-state index contributed by atoms with van der Waals surface area (Å²) >= 11 is 5.50. The zero-order valence-electron chi connectivity index (χ0n) is 19.0. The predicted octanol–water partition coefficient (Wildman–Crippen LogP) is 3.23. The lowest BCUT2D eigenvalue weighted by Crippen LogP contribution is -2.60. The Morgan fingerprint density at radius 2 is 1.67 bits per heavy atom. The number of halogens is 2. The standard InChI is InChI=1S/C22H20ClFN4O8/c1-3-35-20(31)22(21(32)36-4-2,25-18(29)12-23)27-26-17-10-9-13(28(33)34)11-15(17)19(30)14-7-5-6-8-16(14)24/h5-11H,3-4,12H2,1-2H3,(H,25,29)/b27-26+. The average molecular weight is 523 g/mol. The number of azo groups is 1. The van der Waals surface area contributed by atoms with Crippen LogP contribution in [0.2, 0.25) is 0 Å². The van der Waals surface area contributed by atoms with Crippen LogP contribution in [0.3, 0.4) is 0 Å². The van der Waals surface area contributed by atoms with Crippen LogP contribution in [0.25, 0.3) is 0 Å². The van der Waals surface area contributed by atoms with Crippen LogP contribution in [0.15, 0.2) is 52.7 Å². The molecule has 0 saturated heterocycles. The molecule has 0 fully saturated rings. The second-order valence-electron chi connectivity index (χ2n) is 6.80. The topological polar surface area (TPSA) is 167 Å². The fourth-order valence-electron chi connectivity index (χ4n) is 2.82. The van der Waals surface area contributed by atoms with E-state index in [0.717, 1.165) is 30.3 Å². The maximum absolute atomic E-state index is 14.3. The van der Waals surface area contributed by atoms with Gasteiger partial charge in [0.1, 0.15) is 11.7 Å². The van der Waals surface area contributed by atoms with Crippen LogP contribution >= 0.6 is 11.6 Å². The van der Waals surface area contributed by atoms with E-state index in [-0.39, 0.29) is 18.9 Å². The molecule has 14 heteroatoms. The molecule has 12 nitrogen and oxygen atoms in total. The third-order valence-electron chi connectivity index (χ3n) is 4.45. The summed E-state index contributed by atoms with van der Waals surface area (Å²) in [6, 6.07) is 7.69. The van der Waals surface area contributed by atoms with E-state index in [9.17, 15) is 33.7 Å². The molecule has 0 aliphatic rings. The van der Waals surface area contributed by atoms with Gasteiger partial charge in [-0.25, -0.2) is 14.0 Å². The number of hydrogen-bond acceptors (Lipinski definition) is 10. The number of benzene rings is 2. The summed E-state index contributed by atoms with van der Waals surface area (Å²) in [4.78, 5) is 61.1. The number of non-ortho nitro benzene ring substituents is 1. The first kappa shape index (κ1) is 28.0. The third kappa shape index (κ3) is 6.24. The van der Waals surface area contributed by atoms with Gasteiger partial charge in [-0.2, -0.15) is 5.11 Å². The number of carbonyl (C=O) groups is 4. The van der Waals surface area contributed by atoms with Crippen molar-refractivity contribution < 1.29 is 38.0 Å². The first-order chi connectivity index (χ1) is 17.1. The number of rotatable bonds is 11. The Kier molecular flexibility index (Phi) is 9.67. The summed E-state index contributed by atoms with van der Waals surface area (Å²) in [5.74, 6) is -6.32. The van der Waals surface area contributed by atoms with Crippen molar-refractivity contribution in [3.05, 3.63) is 69.5 Å². The van der Waals surface area contributed by atoms with Crippen LogP contribution in [0.4, 0.5) is 15.8 Å². The highest BCUT2D eigenvalue weighted by molar-refractivity contribution is 6.28. The van der Waals surface area contributed by atoms with Gasteiger partial charge >= 0.3 is 17.6 Å². The maximum Gasteiger partial charge on any atom is 0.369 e. The molecule has 0 unspecified atom stereocenters. The van der Waals surface area contributed by atoms with Gasteiger partial charge in [0.25, 0.3) is 5.69 Å². The van der Waals surface area contributed by atoms with E-state index in [2.05, 4.69) is 10.2 Å². The molecule has 190 valence electrons. The van der Waals surface area contributed by atoms with Crippen molar-refractivity contribution in [1.82, 2.24) is 5.32 Å². The molecule has 1 amide bonds. The SMILES string of the molecule is CCOC(=O)C(/N=N/c1ccc([N+](=O)[O-])cc1C(=O)c1ccccc1F)(NC(=O)CCl)C(=O)OCC. The molecule has 0 atom stereocenters. The van der Waals surface area contributed by atoms with E-state index in [0.29, 0.717) is 0 Å². The quantitative estimate of drug-likeness (QED) is 0.0892. The van der Waals surface area contributed by atoms with Gasteiger partial charge in [-0.15, -0.1) is 16.7 Å². The average Bonchev–Trinajstić information content (AvgIpc) is 2.86. The van der Waals surface area contributed by atoms with Crippen molar-refractivity contribution in [3.63, 3.8) is 0 Å². The molecule has 2 rings (SSSR count). The fourth-order valence-corrected chi connectivity index (χ4v) is 2.89. The third-order valence-corrected chi connectivity index (χ3v) is 4.69. The molecule has 0 spiro atoms. The summed E-state index contributed by atoms with van der Waals surface area (Å²) in [5, 5.41) is 20.7. The number of alkyl halides is 1. The number of hydrogen-bond donors (Lipinski definition) is 1. The fraction of sp³-hybridized carbons (Fsp3) is 0.273. The zero-order valence-corrected chi connectivity index (χ0v) is 19.8. The first-order valence-corrected chi connectivity index (χ1v) is 10.9. The highest BCUT2D eigenvalue weighted by atomic mass is 35.5. The van der Waals surface area contributed by atoms with Gasteiger partial charge in [0.05, 0.1) is 35.0 Å². The van der Waals surface area contributed by atoms with Crippen molar-refractivity contribution in [2.45, 2.75) is 19.5 Å². The van der Waals surface area contributed by atoms with Crippen LogP contribution in [-0.4, -0.2) is 53.3 Å². The van der Waals surface area contributed by atoms with E-state index in [1.165, 1.54) is 26.0 Å². The van der Waals surface area contributed by atoms with E-state index in [4.69, 9.17) is 21.1 Å². The Labute approximate surface area is 208 Å². The van der Waals surface area contributed by atoms with Crippen molar-refractivity contribution in [1.29, 1.82) is 0 Å². The van der Waals surface area contributed by atoms with Crippen molar-refractivity contribution in [3.8, 4) is 0 Å². The molecule has 0 aromatic heterocycles. The smallest absolute Gasteiger partial charge is 0.369 e. The number of amides is 1. The molecule has 0 saturated carbocycles. The Morgan fingerprint density at radius 3 is 2.19 bits per heavy atom. The minimum atomic E-state index is -2.85. The molecule has 0 heterocycles. The maximum atomic E-state index is 14.3. The lowest BCUT2D eigenvalue weighted by atomic mass is 10.0. The van der Waals surface area contributed by atoms with Gasteiger partial charge in [-0.1, -0.05) is 12.1 Å². The van der Waals surface area contributed by atoms with Crippen molar-refractivity contribution in [2.75, 3.05) is 19.1 Å². The molecule has 0 aliphatic carbocycles. The molecule has 2 aromatic carbocycles. The summed E-state index contributed by atoms with van der Waals surface area (Å²) < 4.78 is 24.0. The van der Waals surface area contributed by atoms with Gasteiger partial charge in [0.15, 0.2) is 5.78 Å². The van der Waals surface area contributed by atoms with E-state index < -0.39 is 62.7 Å². The number of nitro benzene ring substituents is 1. The van der Waals surface area contributed by atoms with Gasteiger partial charge < -0.3 is 14.8 Å². The van der Waals surface area contributed by atoms with Crippen molar-refractivity contribution in [2.24, 2.45) is 10.2 Å². The van der Waals surface area contributed by atoms with Crippen LogP contribution in [0.1, 0.15) is 29.8 Å². The van der Waals surface area contributed by atoms with Crippen LogP contribution in [0, 0.1) is 15.9 Å². The summed E-state index contributed by atoms with van der Waals surface area (Å²) in [7, 11) is 0. The molecular weight excluding hydrogens is 503 g/mol. The number of carbonyl (C=O) groups excluding carboxylic acids is 4. The normalized spacial score (nSPS) is 11.1. The second kappa shape index (κ2) is 12.4. The van der Waals surface area contributed by atoms with Gasteiger partial charge in [0, 0.05) is 12.1 Å². The number of ketones is 1. The zero-order chi connectivity index (χ0) is 26.9. The molecule has 2 aromatic rings. The number of nitro groups is 1. The Hall–Kier alpha value is -4.26. The lowest BCUT2D eigenvalue weighted by molar-refractivity contribution is -0.384. The van der Waals surface area contributed by atoms with Crippen LogP contribution < -0.4 is 5.32 Å². The second-order valence-corrected chi connectivity index (χ2v) is 7.07. The largest absolute Gasteiger partial charge is 0.462 e. The number of esters is 2. The van der Waals surface area contributed by atoms with E-state index >= 15 is 0 Å². The van der Waals surface area contributed by atoms with E-state index in [1.807, 2.05) is 5.32 Å². The molecule has 0 radical (unpaired) electrons. The van der Waals surface area contributed by atoms with Gasteiger partial charge in [0.2, 0.25) is 5.91 Å². The van der Waals surface area contributed by atoms with Crippen LogP contribution in [-0.2, 0) is 23.9 Å². The van der Waals surface area contributed by atoms with Crippen molar-refractivity contribution >= 4 is 46.6 Å². The molecule has 36 heavy (non-hydrogen) atoms. The number of ether oxygens (including phenoxy) is 2. The summed E-state index contributed by atoms with van der Waals surface area (Å²) in [5.41, 5.74) is -4.65. The van der Waals surface area contributed by atoms with Gasteiger partial charge in [-0.3, -0.25) is 19.7 Å². The number of nitrogens with one attached hydrogen (secondary N) is 1. The van der Waals surface area contributed by atoms with Gasteiger partial charge in [-0.05, 0) is 32.0 Å². The monoisotopic (exact) mass is 522 g/mol.